The summed E-state index contributed by atoms with van der Waals surface area (Å²) in [5.74, 6) is -5.85. The van der Waals surface area contributed by atoms with Crippen LogP contribution >= 0.6 is 0 Å². The highest BCUT2D eigenvalue weighted by molar-refractivity contribution is 5.73. The van der Waals surface area contributed by atoms with Crippen molar-refractivity contribution >= 4 is 11.9 Å². The van der Waals surface area contributed by atoms with E-state index in [4.69, 9.17) is 29.3 Å². The molecule has 0 bridgehead atoms. The molecule has 0 radical (unpaired) electrons. The Morgan fingerprint density at radius 1 is 1.18 bits per heavy atom. The highest BCUT2D eigenvalue weighted by atomic mass is 19.4. The predicted molar refractivity (Wildman–Crippen MR) is 96.0 cm³/mol. The number of ether oxygens (including phenoxy) is 2. The van der Waals surface area contributed by atoms with E-state index in [9.17, 15) is 30.7 Å². The van der Waals surface area contributed by atoms with Gasteiger partial charge in [0.1, 0.15) is 6.10 Å². The highest BCUT2D eigenvalue weighted by Gasteiger charge is 2.44. The summed E-state index contributed by atoms with van der Waals surface area (Å²) in [4.78, 5) is 24.0. The van der Waals surface area contributed by atoms with Gasteiger partial charge in [-0.05, 0) is 38.6 Å². The molecule has 188 valence electrons. The minimum Gasteiger partial charge on any atom is -0.475 e. The quantitative estimate of drug-likeness (QED) is 0.604. The number of carboxylic acids is 2. The van der Waals surface area contributed by atoms with Crippen molar-refractivity contribution in [3.05, 3.63) is 24.1 Å². The number of pyridine rings is 1. The first kappa shape index (κ1) is 28.4. The molecule has 1 aromatic heterocycles. The Labute approximate surface area is 182 Å². The van der Waals surface area contributed by atoms with Gasteiger partial charge >= 0.3 is 24.3 Å². The molecule has 0 amide bonds. The summed E-state index contributed by atoms with van der Waals surface area (Å²) in [6, 6.07) is 2.92. The van der Waals surface area contributed by atoms with E-state index in [1.165, 1.54) is 6.07 Å². The maximum absolute atomic E-state index is 13.5. The molecule has 0 saturated carbocycles. The van der Waals surface area contributed by atoms with E-state index in [2.05, 4.69) is 16.9 Å². The third-order valence-corrected chi connectivity index (χ3v) is 4.39. The van der Waals surface area contributed by atoms with Crippen LogP contribution in [0.3, 0.4) is 0 Å². The standard InChI is InChI=1S/C14H19FN2O2.2C2HF3O2/c1-17-7-3-5-14(10-17)8-11(9-18-14)19-13-12(15)4-2-6-16-13;2*3-2(4,5)1(6)7/h2,4,6,11H,3,5,7-10H2,1H3;2*(H,6,7)/t11-,14+;;/m1../s1. The molecule has 0 aliphatic carbocycles. The van der Waals surface area contributed by atoms with Gasteiger partial charge in [-0.25, -0.2) is 19.0 Å². The number of aromatic nitrogens is 1. The number of hydrogen-bond acceptors (Lipinski definition) is 6. The van der Waals surface area contributed by atoms with Gasteiger partial charge < -0.3 is 24.6 Å². The van der Waals surface area contributed by atoms with Gasteiger partial charge in [0.2, 0.25) is 0 Å². The van der Waals surface area contributed by atoms with Crippen molar-refractivity contribution in [2.24, 2.45) is 0 Å². The van der Waals surface area contributed by atoms with Gasteiger partial charge in [-0.3, -0.25) is 0 Å². The van der Waals surface area contributed by atoms with Crippen molar-refractivity contribution in [1.82, 2.24) is 9.88 Å². The lowest BCUT2D eigenvalue weighted by molar-refractivity contribution is -0.193. The molecular formula is C18H21F7N2O6. The molecule has 33 heavy (non-hydrogen) atoms. The number of nitrogens with zero attached hydrogens (tertiary/aromatic N) is 2. The van der Waals surface area contributed by atoms with Gasteiger partial charge in [0, 0.05) is 19.2 Å². The predicted octanol–water partition coefficient (Wildman–Crippen LogP) is 3.12. The monoisotopic (exact) mass is 494 g/mol. The average Bonchev–Trinajstić information content (AvgIpc) is 3.04. The van der Waals surface area contributed by atoms with Crippen LogP contribution in [0.15, 0.2) is 18.3 Å². The fraction of sp³-hybridized carbons (Fsp3) is 0.611. The number of carbonyl (C=O) groups is 2. The lowest BCUT2D eigenvalue weighted by Crippen LogP contribution is -2.46. The number of likely N-dealkylation sites (N-methyl/N-ethyl adjacent to an activating group) is 1. The van der Waals surface area contributed by atoms with E-state index in [1.807, 2.05) is 0 Å². The highest BCUT2D eigenvalue weighted by Crippen LogP contribution is 2.35. The molecule has 3 rings (SSSR count). The summed E-state index contributed by atoms with van der Waals surface area (Å²) < 4.78 is 88.6. The number of alkyl halides is 6. The van der Waals surface area contributed by atoms with Crippen molar-refractivity contribution < 1.29 is 60.0 Å². The van der Waals surface area contributed by atoms with E-state index < -0.39 is 30.1 Å². The molecule has 15 heteroatoms. The minimum absolute atomic E-state index is 0.0808. The van der Waals surface area contributed by atoms with Crippen LogP contribution < -0.4 is 4.74 Å². The molecule has 0 unspecified atom stereocenters. The number of piperidine rings is 1. The van der Waals surface area contributed by atoms with Crippen LogP contribution in [-0.4, -0.2) is 82.8 Å². The number of hydrogen-bond donors (Lipinski definition) is 2. The minimum atomic E-state index is -5.08. The van der Waals surface area contributed by atoms with Crippen molar-refractivity contribution in [3.63, 3.8) is 0 Å². The summed E-state index contributed by atoms with van der Waals surface area (Å²) in [5, 5.41) is 14.2. The van der Waals surface area contributed by atoms with E-state index in [1.54, 1.807) is 12.3 Å². The van der Waals surface area contributed by atoms with E-state index in [0.717, 1.165) is 32.4 Å². The molecule has 2 aliphatic heterocycles. The van der Waals surface area contributed by atoms with Gasteiger partial charge in [0.25, 0.3) is 5.88 Å². The van der Waals surface area contributed by atoms with Crippen LogP contribution in [0.4, 0.5) is 30.7 Å². The Hall–Kier alpha value is -2.68. The van der Waals surface area contributed by atoms with E-state index in [0.29, 0.717) is 6.61 Å². The van der Waals surface area contributed by atoms with E-state index in [-0.39, 0.29) is 17.6 Å². The average molecular weight is 494 g/mol. The summed E-state index contributed by atoms with van der Waals surface area (Å²) in [6.07, 6.45) is -5.72. The van der Waals surface area contributed by atoms with Gasteiger partial charge in [-0.15, -0.1) is 0 Å². The van der Waals surface area contributed by atoms with Crippen molar-refractivity contribution in [1.29, 1.82) is 0 Å². The normalized spacial score (nSPS) is 23.1. The van der Waals surface area contributed by atoms with Gasteiger partial charge in [-0.1, -0.05) is 0 Å². The Balaban J connectivity index is 0.000000324. The molecule has 2 saturated heterocycles. The third kappa shape index (κ3) is 9.77. The summed E-state index contributed by atoms with van der Waals surface area (Å²) in [6.45, 7) is 2.56. The molecule has 2 atom stereocenters. The number of likely N-dealkylation sites (tertiary alicyclic amines) is 1. The van der Waals surface area contributed by atoms with Crippen molar-refractivity contribution in [2.45, 2.75) is 43.3 Å². The fourth-order valence-electron chi connectivity index (χ4n) is 3.10. The molecule has 8 nitrogen and oxygen atoms in total. The Kier molecular flexibility index (Phi) is 9.84. The topological polar surface area (TPSA) is 109 Å². The first-order valence-corrected chi connectivity index (χ1v) is 9.25. The molecule has 3 heterocycles. The molecule has 2 fully saturated rings. The SMILES string of the molecule is CN1CCC[C@]2(C[C@@H](Oc3ncccc3F)CO2)C1.O=C(O)C(F)(F)F.O=C(O)C(F)(F)F. The number of halogens is 7. The largest absolute Gasteiger partial charge is 0.490 e. The number of rotatable bonds is 2. The summed E-state index contributed by atoms with van der Waals surface area (Å²) in [7, 11) is 2.11. The Morgan fingerprint density at radius 2 is 1.73 bits per heavy atom. The van der Waals surface area contributed by atoms with Gasteiger partial charge in [-0.2, -0.15) is 26.3 Å². The zero-order valence-electron chi connectivity index (χ0n) is 17.1. The van der Waals surface area contributed by atoms with Crippen LogP contribution in [0, 0.1) is 5.82 Å². The fourth-order valence-corrected chi connectivity index (χ4v) is 3.10. The smallest absolute Gasteiger partial charge is 0.475 e. The van der Waals surface area contributed by atoms with Crippen LogP contribution in [0.1, 0.15) is 19.3 Å². The van der Waals surface area contributed by atoms with Crippen LogP contribution in [0.5, 0.6) is 5.88 Å². The maximum atomic E-state index is 13.5. The first-order valence-electron chi connectivity index (χ1n) is 9.25. The summed E-state index contributed by atoms with van der Waals surface area (Å²) in [5.41, 5.74) is -0.108. The maximum Gasteiger partial charge on any atom is 0.490 e. The van der Waals surface area contributed by atoms with Gasteiger partial charge in [0.05, 0.1) is 12.2 Å². The first-order chi connectivity index (χ1) is 15.1. The second-order valence-corrected chi connectivity index (χ2v) is 7.18. The molecule has 2 N–H and O–H groups in total. The second-order valence-electron chi connectivity index (χ2n) is 7.18. The molecule has 2 aliphatic rings. The van der Waals surface area contributed by atoms with Gasteiger partial charge in [0.15, 0.2) is 5.82 Å². The van der Waals surface area contributed by atoms with Crippen LogP contribution in [0.25, 0.3) is 0 Å². The zero-order chi connectivity index (χ0) is 25.4. The molecular weight excluding hydrogens is 473 g/mol. The summed E-state index contributed by atoms with van der Waals surface area (Å²) >= 11 is 0. The number of aliphatic carboxylic acids is 2. The lowest BCUT2D eigenvalue weighted by atomic mass is 9.89. The lowest BCUT2D eigenvalue weighted by Gasteiger charge is -2.37. The number of carboxylic acid groups (broad SMARTS) is 2. The molecule has 1 aromatic rings. The van der Waals surface area contributed by atoms with Crippen LogP contribution in [0.2, 0.25) is 0 Å². The third-order valence-electron chi connectivity index (χ3n) is 4.39. The Morgan fingerprint density at radius 3 is 2.18 bits per heavy atom. The van der Waals surface area contributed by atoms with Crippen molar-refractivity contribution in [2.75, 3.05) is 26.7 Å². The van der Waals surface area contributed by atoms with Crippen molar-refractivity contribution in [3.8, 4) is 5.88 Å². The molecule has 0 aromatic carbocycles. The zero-order valence-corrected chi connectivity index (χ0v) is 17.1. The second kappa shape index (κ2) is 11.4. The Bertz CT molecular complexity index is 781. The van der Waals surface area contributed by atoms with E-state index >= 15 is 0 Å². The van der Waals surface area contributed by atoms with Crippen LogP contribution in [-0.2, 0) is 14.3 Å². The molecule has 1 spiro atoms.